The van der Waals surface area contributed by atoms with Gasteiger partial charge >= 0.3 is 10.2 Å². The minimum atomic E-state index is -4.38. The number of halogens is 3. The van der Waals surface area contributed by atoms with Gasteiger partial charge < -0.3 is 40.5 Å². The number of alkyl halides is 1. The quantitative estimate of drug-likeness (QED) is 0.0522. The zero-order valence-electron chi connectivity index (χ0n) is 46.8. The summed E-state index contributed by atoms with van der Waals surface area (Å²) in [5, 5.41) is 26.8. The standard InChI is InChI=1S/C59H70F3N11O8S2/c1-35(37-5-7-39(8-6-37)54-48(33-74)65-34-82-54)66-57(78)49-26-43(75)31-73(49)58(79)55(59(2,3)4)67-50(76)32-70-23-21-69(22-24-70)29-36-15-18-71(19-16-36)42-11-9-38(10-12-42)40-25-44-45(28-64-56(44)63-27-40)53(77)51-46(61)13-14-47(52(51)62)68-83(80,81)72-20-17-41(60)30-72/h5-14,25,27-28,34-36,41,43,49,55,68,74-75H,15-24,26,29-33H2,1-4H3,(H,63,64)(H,66,78)(H,67,76)/t35?,41-,43-,49+,55?/m1/s1. The zero-order valence-corrected chi connectivity index (χ0v) is 48.4. The molecule has 83 heavy (non-hydrogen) atoms. The molecule has 4 aliphatic heterocycles. The Labute approximate surface area is 484 Å². The molecule has 0 bridgehead atoms. The highest BCUT2D eigenvalue weighted by atomic mass is 32.2. The molecule has 24 heteroatoms. The molecule has 7 heterocycles. The lowest BCUT2D eigenvalue weighted by Crippen LogP contribution is -2.59. The highest BCUT2D eigenvalue weighted by Gasteiger charge is 2.45. The number of amides is 3. The van der Waals surface area contributed by atoms with Gasteiger partial charge in [-0.05, 0) is 84.5 Å². The van der Waals surface area contributed by atoms with Crippen molar-refractivity contribution in [3.8, 4) is 21.6 Å². The van der Waals surface area contributed by atoms with Crippen LogP contribution in [-0.2, 0) is 31.2 Å². The highest BCUT2D eigenvalue weighted by molar-refractivity contribution is 7.90. The average Bonchev–Trinajstić information content (AvgIpc) is 3.42. The van der Waals surface area contributed by atoms with E-state index in [-0.39, 0.29) is 50.6 Å². The third kappa shape index (κ3) is 13.3. The number of benzene rings is 3. The molecule has 442 valence electrons. The van der Waals surface area contributed by atoms with Crippen LogP contribution in [-0.4, -0.2) is 172 Å². The van der Waals surface area contributed by atoms with Crippen LogP contribution in [0.15, 0.2) is 84.6 Å². The van der Waals surface area contributed by atoms with E-state index >= 15 is 8.78 Å². The number of pyridine rings is 1. The Kier molecular flexibility index (Phi) is 17.7. The van der Waals surface area contributed by atoms with Gasteiger partial charge in [0.05, 0.1) is 52.6 Å². The number of rotatable bonds is 18. The second kappa shape index (κ2) is 24.8. The molecule has 0 spiro atoms. The minimum absolute atomic E-state index is 0.00719. The largest absolute Gasteiger partial charge is 0.391 e. The Morgan fingerprint density at radius 3 is 2.23 bits per heavy atom. The van der Waals surface area contributed by atoms with Crippen molar-refractivity contribution in [1.82, 2.24) is 44.6 Å². The summed E-state index contributed by atoms with van der Waals surface area (Å²) in [6.45, 7) is 12.5. The number of hydrogen-bond donors (Lipinski definition) is 6. The molecule has 0 aliphatic carbocycles. The van der Waals surface area contributed by atoms with Gasteiger partial charge in [-0.3, -0.25) is 28.8 Å². The number of aliphatic hydroxyl groups excluding tert-OH is 2. The molecule has 4 aliphatic rings. The Hall–Kier alpha value is -6.80. The molecule has 0 radical (unpaired) electrons. The number of carbonyl (C=O) groups excluding carboxylic acids is 4. The molecular formula is C59H70F3N11O8S2. The fourth-order valence-electron chi connectivity index (χ4n) is 11.6. The van der Waals surface area contributed by atoms with Gasteiger partial charge in [-0.1, -0.05) is 57.2 Å². The predicted molar refractivity (Wildman–Crippen MR) is 310 cm³/mol. The van der Waals surface area contributed by atoms with Gasteiger partial charge in [0.15, 0.2) is 5.82 Å². The van der Waals surface area contributed by atoms with E-state index in [2.05, 4.69) is 40.3 Å². The van der Waals surface area contributed by atoms with Crippen LogP contribution in [0.5, 0.6) is 0 Å². The van der Waals surface area contributed by atoms with Crippen LogP contribution in [0.2, 0.25) is 0 Å². The molecule has 4 saturated heterocycles. The maximum Gasteiger partial charge on any atom is 0.301 e. The first-order valence-corrected chi connectivity index (χ1v) is 30.4. The number of thiazole rings is 1. The van der Waals surface area contributed by atoms with E-state index in [0.29, 0.717) is 41.3 Å². The van der Waals surface area contributed by atoms with Crippen molar-refractivity contribution < 1.29 is 51.0 Å². The summed E-state index contributed by atoms with van der Waals surface area (Å²) in [5.41, 5.74) is 4.52. The van der Waals surface area contributed by atoms with Gasteiger partial charge in [0.2, 0.25) is 23.5 Å². The summed E-state index contributed by atoms with van der Waals surface area (Å²) >= 11 is 1.44. The van der Waals surface area contributed by atoms with Gasteiger partial charge in [-0.25, -0.2) is 23.1 Å². The van der Waals surface area contributed by atoms with Crippen LogP contribution in [0.25, 0.3) is 32.6 Å². The number of anilines is 2. The normalized spacial score (nSPS) is 20.4. The molecule has 5 atom stereocenters. The summed E-state index contributed by atoms with van der Waals surface area (Å²) in [7, 11) is -4.38. The molecule has 3 aromatic carbocycles. The Balaban J connectivity index is 0.681. The average molecular weight is 1180 g/mol. The summed E-state index contributed by atoms with van der Waals surface area (Å²) in [6, 6.07) is 16.7. The van der Waals surface area contributed by atoms with Crippen molar-refractivity contribution >= 4 is 67.5 Å². The first kappa shape index (κ1) is 59.4. The zero-order chi connectivity index (χ0) is 58.9. The monoisotopic (exact) mass is 1180 g/mol. The van der Waals surface area contributed by atoms with Gasteiger partial charge in [-0.15, -0.1) is 11.3 Å². The fourth-order valence-corrected chi connectivity index (χ4v) is 13.7. The maximum atomic E-state index is 15.8. The van der Waals surface area contributed by atoms with Gasteiger partial charge in [-0.2, -0.15) is 12.7 Å². The maximum absolute atomic E-state index is 15.8. The van der Waals surface area contributed by atoms with Crippen molar-refractivity contribution in [3.05, 3.63) is 119 Å². The van der Waals surface area contributed by atoms with E-state index < -0.39 is 93.1 Å². The van der Waals surface area contributed by atoms with Crippen LogP contribution >= 0.6 is 11.3 Å². The van der Waals surface area contributed by atoms with Crippen LogP contribution in [0.3, 0.4) is 0 Å². The predicted octanol–water partition coefficient (Wildman–Crippen LogP) is 6.26. The first-order chi connectivity index (χ1) is 39.6. The number of carbonyl (C=O) groups is 4. The number of β-amino-alcohol motifs (C(OH)–C–C–N with tert-alkyl or cyclic N) is 1. The number of likely N-dealkylation sites (tertiary alicyclic amines) is 1. The van der Waals surface area contributed by atoms with E-state index in [0.717, 1.165) is 89.3 Å². The second-order valence-corrected chi connectivity index (χ2v) is 25.8. The lowest BCUT2D eigenvalue weighted by Gasteiger charge is -2.39. The number of nitrogens with one attached hydrogen (secondary N) is 4. The third-order valence-electron chi connectivity index (χ3n) is 16.4. The minimum Gasteiger partial charge on any atom is -0.391 e. The number of piperidine rings is 1. The van der Waals surface area contributed by atoms with Crippen molar-refractivity contribution in [2.45, 2.75) is 90.4 Å². The number of hydrogen-bond acceptors (Lipinski definition) is 14. The van der Waals surface area contributed by atoms with Crippen molar-refractivity contribution in [2.24, 2.45) is 11.3 Å². The first-order valence-electron chi connectivity index (χ1n) is 28.1. The highest BCUT2D eigenvalue weighted by Crippen LogP contribution is 2.34. The molecule has 4 fully saturated rings. The van der Waals surface area contributed by atoms with E-state index in [9.17, 15) is 42.2 Å². The Morgan fingerprint density at radius 2 is 1.55 bits per heavy atom. The van der Waals surface area contributed by atoms with Crippen LogP contribution in [0.4, 0.5) is 24.5 Å². The van der Waals surface area contributed by atoms with Crippen LogP contribution < -0.4 is 20.3 Å². The molecule has 3 aromatic heterocycles. The van der Waals surface area contributed by atoms with E-state index in [1.165, 1.54) is 22.4 Å². The van der Waals surface area contributed by atoms with E-state index in [1.807, 2.05) is 80.9 Å². The topological polar surface area (TPSA) is 237 Å². The van der Waals surface area contributed by atoms with E-state index in [1.54, 1.807) is 17.8 Å². The fraction of sp³-hybridized carbons (Fsp3) is 0.458. The number of fused-ring (bicyclic) bond motifs is 1. The SMILES string of the molecule is CC(NC(=O)[C@@H]1C[C@@H](O)CN1C(=O)C(NC(=O)CN1CCN(CC2CCN(c3ccc(-c4cnc5[nH]cc(C(=O)c6c(F)ccc(NS(=O)(=O)N7CC[C@@H](F)C7)c6F)c5c4)cc3)CC2)CC1)C(C)(C)C)c1ccc(-c2scnc2CO)cc1. The second-order valence-electron chi connectivity index (χ2n) is 23.2. The molecule has 3 amide bonds. The Morgan fingerprint density at radius 1 is 0.855 bits per heavy atom. The molecule has 0 saturated carbocycles. The van der Waals surface area contributed by atoms with Gasteiger partial charge in [0, 0.05) is 106 Å². The summed E-state index contributed by atoms with van der Waals surface area (Å²) in [6.07, 6.45) is 2.75. The molecular weight excluding hydrogens is 1110 g/mol. The smallest absolute Gasteiger partial charge is 0.301 e. The lowest BCUT2D eigenvalue weighted by atomic mass is 9.85. The summed E-state index contributed by atoms with van der Waals surface area (Å²) in [5.74, 6) is -4.19. The lowest BCUT2D eigenvalue weighted by molar-refractivity contribution is -0.144. The molecule has 6 aromatic rings. The van der Waals surface area contributed by atoms with Crippen LogP contribution in [0.1, 0.15) is 86.6 Å². The van der Waals surface area contributed by atoms with Crippen molar-refractivity contribution in [3.63, 3.8) is 0 Å². The van der Waals surface area contributed by atoms with Crippen molar-refractivity contribution in [1.29, 1.82) is 0 Å². The van der Waals surface area contributed by atoms with Gasteiger partial charge in [0.25, 0.3) is 0 Å². The van der Waals surface area contributed by atoms with Gasteiger partial charge in [0.1, 0.15) is 29.7 Å². The van der Waals surface area contributed by atoms with Crippen molar-refractivity contribution in [2.75, 3.05) is 81.6 Å². The number of aromatic nitrogens is 3. The van der Waals surface area contributed by atoms with Crippen LogP contribution in [0, 0.1) is 23.0 Å². The number of aromatic amines is 1. The number of piperazine rings is 1. The number of aliphatic hydroxyl groups is 2. The number of H-pyrrole nitrogens is 1. The Bertz CT molecular complexity index is 3450. The molecule has 19 nitrogen and oxygen atoms in total. The summed E-state index contributed by atoms with van der Waals surface area (Å²) in [4.78, 5) is 76.4. The molecule has 2 unspecified atom stereocenters. The molecule has 6 N–H and O–H groups in total. The number of ketones is 1. The molecule has 10 rings (SSSR count). The number of nitrogens with zero attached hydrogens (tertiary/aromatic N) is 7. The third-order valence-corrected chi connectivity index (χ3v) is 18.8. The van der Waals surface area contributed by atoms with E-state index in [4.69, 9.17) is 0 Å². The summed E-state index contributed by atoms with van der Waals surface area (Å²) < 4.78 is 73.4.